The van der Waals surface area contributed by atoms with Gasteiger partial charge >= 0.3 is 0 Å². The van der Waals surface area contributed by atoms with E-state index in [0.29, 0.717) is 11.1 Å². The molecule has 2 amide bonds. The molecule has 1 aromatic carbocycles. The summed E-state index contributed by atoms with van der Waals surface area (Å²) >= 11 is 0. The summed E-state index contributed by atoms with van der Waals surface area (Å²) < 4.78 is 5.17. The number of nitrogens with zero attached hydrogens (tertiary/aromatic N) is 1. The Balaban J connectivity index is 0.000000639. The Morgan fingerprint density at radius 2 is 1.50 bits per heavy atom. The summed E-state index contributed by atoms with van der Waals surface area (Å²) in [6.45, 7) is 4.00. The molecule has 2 aliphatic rings. The standard InChI is InChI=1S/C13H13NO3.C2H6.HI/c1-17-9-6-8(7-9)14-12(15)10-4-2-3-5-11(10)13(14)16;1-2;/h2-5,8-9H,6-7H2,1H3;1-2H3;1H. The molecular formula is C15H20INO3. The third kappa shape index (κ3) is 2.74. The van der Waals surface area contributed by atoms with E-state index in [1.807, 2.05) is 13.8 Å². The molecule has 0 atom stereocenters. The summed E-state index contributed by atoms with van der Waals surface area (Å²) in [5.74, 6) is -0.324. The molecule has 0 aromatic heterocycles. The zero-order chi connectivity index (χ0) is 14.0. The van der Waals surface area contributed by atoms with Gasteiger partial charge in [0.25, 0.3) is 11.8 Å². The highest BCUT2D eigenvalue weighted by Gasteiger charge is 2.44. The minimum atomic E-state index is -0.162. The average molecular weight is 389 g/mol. The van der Waals surface area contributed by atoms with Crippen LogP contribution >= 0.6 is 24.0 Å². The molecule has 0 spiro atoms. The van der Waals surface area contributed by atoms with Crippen LogP contribution in [0.2, 0.25) is 0 Å². The molecule has 1 aromatic rings. The van der Waals surface area contributed by atoms with E-state index in [1.54, 1.807) is 31.4 Å². The minimum Gasteiger partial charge on any atom is -0.381 e. The molecule has 3 rings (SSSR count). The SMILES string of the molecule is CC.COC1CC(N2C(=O)c3ccccc3C2=O)C1.I. The second-order valence-electron chi connectivity index (χ2n) is 4.51. The van der Waals surface area contributed by atoms with Crippen molar-refractivity contribution in [3.63, 3.8) is 0 Å². The fourth-order valence-electron chi connectivity index (χ4n) is 2.48. The van der Waals surface area contributed by atoms with Gasteiger partial charge in [0.15, 0.2) is 0 Å². The van der Waals surface area contributed by atoms with Gasteiger partial charge in [0.05, 0.1) is 17.2 Å². The maximum Gasteiger partial charge on any atom is 0.261 e. The maximum atomic E-state index is 12.1. The quantitative estimate of drug-likeness (QED) is 0.577. The predicted molar refractivity (Wildman–Crippen MR) is 87.5 cm³/mol. The molecule has 110 valence electrons. The third-order valence-corrected chi connectivity index (χ3v) is 3.59. The lowest BCUT2D eigenvalue weighted by Crippen LogP contribution is -2.50. The highest BCUT2D eigenvalue weighted by molar-refractivity contribution is 14.0. The summed E-state index contributed by atoms with van der Waals surface area (Å²) in [4.78, 5) is 25.6. The fraction of sp³-hybridized carbons (Fsp3) is 0.467. The number of ether oxygens (including phenoxy) is 1. The highest BCUT2D eigenvalue weighted by Crippen LogP contribution is 2.34. The first kappa shape index (κ1) is 17.1. The second kappa shape index (κ2) is 7.17. The van der Waals surface area contributed by atoms with Crippen LogP contribution in [-0.2, 0) is 4.74 Å². The predicted octanol–water partition coefficient (Wildman–Crippen LogP) is 3.10. The highest BCUT2D eigenvalue weighted by atomic mass is 127. The number of fused-ring (bicyclic) bond motifs is 1. The van der Waals surface area contributed by atoms with Crippen LogP contribution in [0.3, 0.4) is 0 Å². The first-order valence-electron chi connectivity index (χ1n) is 6.72. The van der Waals surface area contributed by atoms with Crippen LogP contribution in [0.4, 0.5) is 0 Å². The number of hydrogen-bond acceptors (Lipinski definition) is 3. The monoisotopic (exact) mass is 389 g/mol. The van der Waals surface area contributed by atoms with Gasteiger partial charge in [-0.3, -0.25) is 14.5 Å². The van der Waals surface area contributed by atoms with E-state index >= 15 is 0 Å². The van der Waals surface area contributed by atoms with Crippen LogP contribution in [0.5, 0.6) is 0 Å². The van der Waals surface area contributed by atoms with Crippen molar-refractivity contribution in [2.75, 3.05) is 7.11 Å². The molecule has 4 nitrogen and oxygen atoms in total. The maximum absolute atomic E-state index is 12.1. The number of imide groups is 1. The molecule has 0 bridgehead atoms. The summed E-state index contributed by atoms with van der Waals surface area (Å²) in [6.07, 6.45) is 1.69. The Kier molecular flexibility index (Phi) is 6.13. The largest absolute Gasteiger partial charge is 0.381 e. The third-order valence-electron chi connectivity index (χ3n) is 3.59. The molecular weight excluding hydrogens is 369 g/mol. The average Bonchev–Trinajstić information content (AvgIpc) is 2.66. The van der Waals surface area contributed by atoms with Crippen molar-refractivity contribution < 1.29 is 14.3 Å². The second-order valence-corrected chi connectivity index (χ2v) is 4.51. The Morgan fingerprint density at radius 3 is 1.90 bits per heavy atom. The molecule has 5 heteroatoms. The van der Waals surface area contributed by atoms with Gasteiger partial charge in [-0.15, -0.1) is 24.0 Å². The molecule has 1 aliphatic heterocycles. The summed E-state index contributed by atoms with van der Waals surface area (Å²) in [7, 11) is 1.66. The normalized spacial score (nSPS) is 23.2. The van der Waals surface area contributed by atoms with Crippen molar-refractivity contribution in [3.05, 3.63) is 35.4 Å². The lowest BCUT2D eigenvalue weighted by molar-refractivity contribution is -0.0142. The van der Waals surface area contributed by atoms with E-state index in [9.17, 15) is 9.59 Å². The number of hydrogen-bond donors (Lipinski definition) is 0. The van der Waals surface area contributed by atoms with Gasteiger partial charge in [-0.2, -0.15) is 0 Å². The van der Waals surface area contributed by atoms with Crippen molar-refractivity contribution in [1.29, 1.82) is 0 Å². The summed E-state index contributed by atoms with van der Waals surface area (Å²) in [5, 5.41) is 0. The molecule has 0 radical (unpaired) electrons. The van der Waals surface area contributed by atoms with Crippen molar-refractivity contribution in [2.45, 2.75) is 38.8 Å². The molecule has 1 saturated carbocycles. The van der Waals surface area contributed by atoms with E-state index in [1.165, 1.54) is 4.90 Å². The molecule has 0 N–H and O–H groups in total. The van der Waals surface area contributed by atoms with E-state index in [2.05, 4.69) is 0 Å². The van der Waals surface area contributed by atoms with Gasteiger partial charge < -0.3 is 4.74 Å². The lowest BCUT2D eigenvalue weighted by atomic mass is 9.88. The van der Waals surface area contributed by atoms with E-state index < -0.39 is 0 Å². The van der Waals surface area contributed by atoms with Crippen LogP contribution in [0.25, 0.3) is 0 Å². The molecule has 1 fully saturated rings. The van der Waals surface area contributed by atoms with Crippen molar-refractivity contribution in [1.82, 2.24) is 4.90 Å². The lowest BCUT2D eigenvalue weighted by Gasteiger charge is -2.38. The first-order chi connectivity index (χ1) is 9.22. The Labute approximate surface area is 136 Å². The Bertz CT molecular complexity index is 463. The van der Waals surface area contributed by atoms with Crippen LogP contribution in [-0.4, -0.2) is 36.0 Å². The molecule has 1 aliphatic carbocycles. The number of methoxy groups -OCH3 is 1. The Hall–Kier alpha value is -0.950. The molecule has 0 unspecified atom stereocenters. The van der Waals surface area contributed by atoms with Gasteiger partial charge in [0.2, 0.25) is 0 Å². The van der Waals surface area contributed by atoms with Gasteiger partial charge in [-0.25, -0.2) is 0 Å². The van der Waals surface area contributed by atoms with E-state index in [-0.39, 0.29) is 47.9 Å². The van der Waals surface area contributed by atoms with Crippen molar-refractivity contribution >= 4 is 35.8 Å². The number of carbonyl (C=O) groups is 2. The van der Waals surface area contributed by atoms with E-state index in [0.717, 1.165) is 12.8 Å². The number of benzene rings is 1. The fourth-order valence-corrected chi connectivity index (χ4v) is 2.48. The van der Waals surface area contributed by atoms with Crippen molar-refractivity contribution in [3.8, 4) is 0 Å². The molecule has 20 heavy (non-hydrogen) atoms. The number of rotatable bonds is 2. The number of carbonyl (C=O) groups excluding carboxylic acids is 2. The smallest absolute Gasteiger partial charge is 0.261 e. The van der Waals surface area contributed by atoms with Crippen LogP contribution < -0.4 is 0 Å². The summed E-state index contributed by atoms with van der Waals surface area (Å²) in [6, 6.07) is 7.00. The topological polar surface area (TPSA) is 46.6 Å². The zero-order valence-electron chi connectivity index (χ0n) is 12.0. The van der Waals surface area contributed by atoms with Crippen LogP contribution in [0, 0.1) is 0 Å². The van der Waals surface area contributed by atoms with Gasteiger partial charge in [0.1, 0.15) is 0 Å². The van der Waals surface area contributed by atoms with Gasteiger partial charge in [-0.1, -0.05) is 26.0 Å². The first-order valence-corrected chi connectivity index (χ1v) is 6.72. The van der Waals surface area contributed by atoms with Crippen LogP contribution in [0.15, 0.2) is 24.3 Å². The van der Waals surface area contributed by atoms with E-state index in [4.69, 9.17) is 4.74 Å². The van der Waals surface area contributed by atoms with Crippen LogP contribution in [0.1, 0.15) is 47.4 Å². The minimum absolute atomic E-state index is 0. The zero-order valence-corrected chi connectivity index (χ0v) is 14.3. The van der Waals surface area contributed by atoms with Gasteiger partial charge in [0, 0.05) is 13.2 Å². The van der Waals surface area contributed by atoms with Gasteiger partial charge in [-0.05, 0) is 25.0 Å². The number of amides is 2. The molecule has 0 saturated heterocycles. The number of halogens is 1. The van der Waals surface area contributed by atoms with Crippen molar-refractivity contribution in [2.24, 2.45) is 0 Å². The molecule has 1 heterocycles. The Morgan fingerprint density at radius 1 is 1.05 bits per heavy atom. The summed E-state index contributed by atoms with van der Waals surface area (Å²) in [5.41, 5.74) is 1.05.